The number of anilines is 1. The van der Waals surface area contributed by atoms with Crippen molar-refractivity contribution in [2.45, 2.75) is 72.6 Å². The van der Waals surface area contributed by atoms with Crippen LogP contribution in [0.1, 0.15) is 70.6 Å². The van der Waals surface area contributed by atoms with Crippen molar-refractivity contribution in [3.8, 4) is 0 Å². The van der Waals surface area contributed by atoms with Crippen molar-refractivity contribution in [1.29, 1.82) is 0 Å². The molecule has 0 unspecified atom stereocenters. The zero-order valence-corrected chi connectivity index (χ0v) is 23.4. The monoisotopic (exact) mass is 534 g/mol. The standard InChI is InChI=1S/C29H38N6O4/c1-28(2,3)39-27(38)31-13-6-7-15-35-25(36)29(4,5)16-24(33-35)20-8-10-23(11-9-20)32-26(37)34-18-21-12-14-30-17-22(21)19-34/h8-12,14,17H,6-7,13,15-16,18-19H2,1-5H3,(H,31,38)(H,32,37). The second kappa shape index (κ2) is 11.4. The van der Waals surface area contributed by atoms with Crippen LogP contribution < -0.4 is 10.6 Å². The largest absolute Gasteiger partial charge is 0.444 e. The number of unbranched alkanes of at least 4 members (excludes halogenated alkanes) is 1. The summed E-state index contributed by atoms with van der Waals surface area (Å²) in [6.07, 6.45) is 5.01. The molecular formula is C29H38N6O4. The average molecular weight is 535 g/mol. The first kappa shape index (κ1) is 28.1. The second-order valence-electron chi connectivity index (χ2n) is 11.7. The second-order valence-corrected chi connectivity index (χ2v) is 11.7. The van der Waals surface area contributed by atoms with Gasteiger partial charge in [-0.25, -0.2) is 14.6 Å². The van der Waals surface area contributed by atoms with Crippen LogP contribution in [0.15, 0.2) is 47.8 Å². The van der Waals surface area contributed by atoms with Crippen LogP contribution in [0.4, 0.5) is 15.3 Å². The summed E-state index contributed by atoms with van der Waals surface area (Å²) in [4.78, 5) is 43.5. The number of benzene rings is 1. The predicted molar refractivity (Wildman–Crippen MR) is 149 cm³/mol. The van der Waals surface area contributed by atoms with Crippen LogP contribution in [-0.2, 0) is 22.6 Å². The van der Waals surface area contributed by atoms with Crippen LogP contribution in [0.25, 0.3) is 0 Å². The fraction of sp³-hybridized carbons (Fsp3) is 0.483. The number of fused-ring (bicyclic) bond motifs is 1. The molecule has 0 atom stereocenters. The van der Waals surface area contributed by atoms with Crippen molar-refractivity contribution < 1.29 is 19.1 Å². The number of carbonyl (C=O) groups is 3. The number of hydrazone groups is 1. The normalized spacial score (nSPS) is 16.4. The SMILES string of the molecule is CC(C)(C)OC(=O)NCCCCN1N=C(c2ccc(NC(=O)N3Cc4ccncc4C3)cc2)CC(C)(C)C1=O. The minimum atomic E-state index is -0.585. The van der Waals surface area contributed by atoms with Gasteiger partial charge in [-0.3, -0.25) is 9.78 Å². The van der Waals surface area contributed by atoms with Gasteiger partial charge in [-0.2, -0.15) is 5.10 Å². The third kappa shape index (κ3) is 7.34. The van der Waals surface area contributed by atoms with E-state index in [0.717, 1.165) is 22.4 Å². The number of urea groups is 1. The van der Waals surface area contributed by atoms with Gasteiger partial charge in [0.15, 0.2) is 0 Å². The molecule has 0 radical (unpaired) electrons. The Bertz CT molecular complexity index is 1220. The molecule has 3 heterocycles. The first-order valence-electron chi connectivity index (χ1n) is 13.4. The third-order valence-electron chi connectivity index (χ3n) is 6.61. The Balaban J connectivity index is 1.32. The number of nitrogens with one attached hydrogen (secondary N) is 2. The molecule has 0 saturated heterocycles. The van der Waals surface area contributed by atoms with Crippen LogP contribution in [0.2, 0.25) is 0 Å². The van der Waals surface area contributed by atoms with Crippen molar-refractivity contribution in [3.63, 3.8) is 0 Å². The molecule has 4 rings (SSSR count). The van der Waals surface area contributed by atoms with E-state index in [9.17, 15) is 14.4 Å². The Hall–Kier alpha value is -3.95. The highest BCUT2D eigenvalue weighted by Gasteiger charge is 2.37. The van der Waals surface area contributed by atoms with E-state index in [4.69, 9.17) is 4.74 Å². The number of aromatic nitrogens is 1. The highest BCUT2D eigenvalue weighted by molar-refractivity contribution is 6.06. The molecule has 2 aromatic rings. The van der Waals surface area contributed by atoms with Gasteiger partial charge < -0.3 is 20.3 Å². The number of nitrogens with zero attached hydrogens (tertiary/aromatic N) is 4. The lowest BCUT2D eigenvalue weighted by Crippen LogP contribution is -2.44. The van der Waals surface area contributed by atoms with E-state index in [0.29, 0.717) is 51.1 Å². The predicted octanol–water partition coefficient (Wildman–Crippen LogP) is 4.90. The summed E-state index contributed by atoms with van der Waals surface area (Å²) < 4.78 is 5.25. The van der Waals surface area contributed by atoms with Gasteiger partial charge in [-0.05, 0) is 68.5 Å². The highest BCUT2D eigenvalue weighted by Crippen LogP contribution is 2.31. The van der Waals surface area contributed by atoms with Gasteiger partial charge >= 0.3 is 12.1 Å². The molecule has 1 aromatic carbocycles. The molecule has 10 heteroatoms. The van der Waals surface area contributed by atoms with Crippen LogP contribution >= 0.6 is 0 Å². The van der Waals surface area contributed by atoms with Gasteiger partial charge in [0.25, 0.3) is 0 Å². The van der Waals surface area contributed by atoms with E-state index >= 15 is 0 Å². The van der Waals surface area contributed by atoms with E-state index in [-0.39, 0.29) is 11.9 Å². The molecule has 0 aliphatic carbocycles. The number of hydrogen-bond donors (Lipinski definition) is 2. The van der Waals surface area contributed by atoms with Crippen molar-refractivity contribution in [2.24, 2.45) is 10.5 Å². The number of amides is 4. The summed E-state index contributed by atoms with van der Waals surface area (Å²) in [5.41, 5.74) is 3.49. The molecule has 2 N–H and O–H groups in total. The molecule has 0 fully saturated rings. The van der Waals surface area contributed by atoms with Gasteiger partial charge in [-0.1, -0.05) is 26.0 Å². The molecule has 0 bridgehead atoms. The number of alkyl carbamates (subject to hydrolysis) is 1. The minimum Gasteiger partial charge on any atom is -0.444 e. The lowest BCUT2D eigenvalue weighted by Gasteiger charge is -2.34. The van der Waals surface area contributed by atoms with Crippen molar-refractivity contribution >= 4 is 29.4 Å². The molecule has 0 spiro atoms. The zero-order valence-electron chi connectivity index (χ0n) is 23.4. The first-order chi connectivity index (χ1) is 18.4. The Labute approximate surface area is 229 Å². The fourth-order valence-electron chi connectivity index (χ4n) is 4.58. The maximum atomic E-state index is 13.0. The molecule has 4 amide bonds. The smallest absolute Gasteiger partial charge is 0.407 e. The Morgan fingerprint density at radius 1 is 1.05 bits per heavy atom. The maximum Gasteiger partial charge on any atom is 0.407 e. The van der Waals surface area contributed by atoms with E-state index in [1.807, 2.05) is 65.0 Å². The average Bonchev–Trinajstić information content (AvgIpc) is 3.30. The van der Waals surface area contributed by atoms with Crippen LogP contribution in [-0.4, -0.2) is 57.3 Å². The number of carbonyl (C=O) groups excluding carboxylic acids is 3. The van der Waals surface area contributed by atoms with Gasteiger partial charge in [0.2, 0.25) is 5.91 Å². The topological polar surface area (TPSA) is 116 Å². The molecule has 39 heavy (non-hydrogen) atoms. The molecule has 208 valence electrons. The van der Waals surface area contributed by atoms with E-state index in [1.165, 1.54) is 0 Å². The number of rotatable bonds is 7. The lowest BCUT2D eigenvalue weighted by molar-refractivity contribution is -0.141. The summed E-state index contributed by atoms with van der Waals surface area (Å²) in [6, 6.07) is 9.34. The van der Waals surface area contributed by atoms with Crippen LogP contribution in [0.3, 0.4) is 0 Å². The molecular weight excluding hydrogens is 496 g/mol. The lowest BCUT2D eigenvalue weighted by atomic mass is 9.82. The number of hydrogen-bond acceptors (Lipinski definition) is 6. The zero-order chi connectivity index (χ0) is 28.2. The van der Waals surface area contributed by atoms with Crippen LogP contribution in [0.5, 0.6) is 0 Å². The van der Waals surface area contributed by atoms with Crippen molar-refractivity contribution in [1.82, 2.24) is 20.2 Å². The minimum absolute atomic E-state index is 0.0166. The van der Waals surface area contributed by atoms with Gasteiger partial charge in [0.1, 0.15) is 5.60 Å². The molecule has 2 aliphatic heterocycles. The fourth-order valence-corrected chi connectivity index (χ4v) is 4.58. The maximum absolute atomic E-state index is 13.0. The van der Waals surface area contributed by atoms with Gasteiger partial charge in [0.05, 0.1) is 11.1 Å². The Morgan fingerprint density at radius 3 is 2.46 bits per heavy atom. The van der Waals surface area contributed by atoms with Gasteiger partial charge in [0, 0.05) is 50.7 Å². The third-order valence-corrected chi connectivity index (χ3v) is 6.61. The van der Waals surface area contributed by atoms with E-state index in [1.54, 1.807) is 22.3 Å². The quantitative estimate of drug-likeness (QED) is 0.491. The summed E-state index contributed by atoms with van der Waals surface area (Å²) in [5, 5.41) is 11.9. The summed E-state index contributed by atoms with van der Waals surface area (Å²) in [6.45, 7) is 11.4. The van der Waals surface area contributed by atoms with Gasteiger partial charge in [-0.15, -0.1) is 0 Å². The summed E-state index contributed by atoms with van der Waals surface area (Å²) >= 11 is 0. The molecule has 2 aliphatic rings. The van der Waals surface area contributed by atoms with Crippen LogP contribution in [0, 0.1) is 5.41 Å². The van der Waals surface area contributed by atoms with E-state index in [2.05, 4.69) is 20.7 Å². The first-order valence-corrected chi connectivity index (χ1v) is 13.4. The van der Waals surface area contributed by atoms with E-state index < -0.39 is 17.1 Å². The summed E-state index contributed by atoms with van der Waals surface area (Å²) in [7, 11) is 0. The van der Waals surface area contributed by atoms with Crippen molar-refractivity contribution in [3.05, 3.63) is 59.4 Å². The Morgan fingerprint density at radius 2 is 1.77 bits per heavy atom. The number of pyridine rings is 1. The molecule has 10 nitrogen and oxygen atoms in total. The molecule has 1 aromatic heterocycles. The summed E-state index contributed by atoms with van der Waals surface area (Å²) in [5.74, 6) is -0.0166. The highest BCUT2D eigenvalue weighted by atomic mass is 16.6. The Kier molecular flexibility index (Phi) is 8.22. The number of ether oxygens (including phenoxy) is 1. The molecule has 0 saturated carbocycles. The van der Waals surface area contributed by atoms with Crippen molar-refractivity contribution in [2.75, 3.05) is 18.4 Å².